The van der Waals surface area contributed by atoms with Crippen LogP contribution in [0.2, 0.25) is 0 Å². The summed E-state index contributed by atoms with van der Waals surface area (Å²) in [6.45, 7) is 9.29. The zero-order valence-corrected chi connectivity index (χ0v) is 9.92. The van der Waals surface area contributed by atoms with E-state index in [1.54, 1.807) is 0 Å². The van der Waals surface area contributed by atoms with Gasteiger partial charge in [0.2, 0.25) is 5.91 Å². The van der Waals surface area contributed by atoms with Crippen LogP contribution in [0.5, 0.6) is 0 Å². The van der Waals surface area contributed by atoms with Crippen LogP contribution in [-0.4, -0.2) is 22.5 Å². The summed E-state index contributed by atoms with van der Waals surface area (Å²) in [7, 11) is 0. The molecule has 1 aliphatic carbocycles. The summed E-state index contributed by atoms with van der Waals surface area (Å²) in [5, 5.41) is 11.7. The average molecular weight is 213 g/mol. The van der Waals surface area contributed by atoms with Gasteiger partial charge in [-0.1, -0.05) is 13.8 Å². The highest BCUT2D eigenvalue weighted by Crippen LogP contribution is 2.58. The van der Waals surface area contributed by atoms with Gasteiger partial charge >= 0.3 is 5.97 Å². The van der Waals surface area contributed by atoms with Crippen LogP contribution in [-0.2, 0) is 9.59 Å². The quantitative estimate of drug-likeness (QED) is 0.725. The zero-order valence-electron chi connectivity index (χ0n) is 9.92. The standard InChI is InChI=1S/C11H19NO3/c1-10(2,3)12-8(13)6-7(9(14)15)11(6,4)5/h6-7H,1-5H3,(H,12,13)(H,14,15). The first kappa shape index (κ1) is 12.0. The maximum Gasteiger partial charge on any atom is 0.307 e. The lowest BCUT2D eigenvalue weighted by molar-refractivity contribution is -0.140. The molecule has 0 aromatic heterocycles. The monoisotopic (exact) mass is 213 g/mol. The molecular formula is C11H19NO3. The van der Waals surface area contributed by atoms with Crippen molar-refractivity contribution in [2.45, 2.75) is 40.2 Å². The molecule has 86 valence electrons. The smallest absolute Gasteiger partial charge is 0.307 e. The number of carboxylic acid groups (broad SMARTS) is 1. The predicted octanol–water partition coefficient (Wildman–Crippen LogP) is 1.26. The van der Waals surface area contributed by atoms with E-state index in [4.69, 9.17) is 5.11 Å². The average Bonchev–Trinajstić information content (AvgIpc) is 2.49. The van der Waals surface area contributed by atoms with Crippen LogP contribution in [0, 0.1) is 17.3 Å². The minimum Gasteiger partial charge on any atom is -0.481 e. The molecule has 0 bridgehead atoms. The molecule has 0 aromatic rings. The second kappa shape index (κ2) is 3.22. The van der Waals surface area contributed by atoms with Crippen molar-refractivity contribution in [3.63, 3.8) is 0 Å². The topological polar surface area (TPSA) is 66.4 Å². The van der Waals surface area contributed by atoms with Crippen molar-refractivity contribution < 1.29 is 14.7 Å². The second-order valence-electron chi connectivity index (χ2n) is 5.85. The Hall–Kier alpha value is -1.06. The Morgan fingerprint density at radius 2 is 1.67 bits per heavy atom. The summed E-state index contributed by atoms with van der Waals surface area (Å²) >= 11 is 0. The fourth-order valence-corrected chi connectivity index (χ4v) is 2.04. The first-order valence-corrected chi connectivity index (χ1v) is 5.12. The summed E-state index contributed by atoms with van der Waals surface area (Å²) < 4.78 is 0. The van der Waals surface area contributed by atoms with Gasteiger partial charge in [-0.3, -0.25) is 9.59 Å². The number of carbonyl (C=O) groups is 2. The SMILES string of the molecule is CC(C)(C)NC(=O)C1C(C(=O)O)C1(C)C. The molecule has 1 saturated carbocycles. The molecule has 0 aliphatic heterocycles. The van der Waals surface area contributed by atoms with Crippen LogP contribution in [0.25, 0.3) is 0 Å². The van der Waals surface area contributed by atoms with E-state index in [2.05, 4.69) is 5.32 Å². The molecular weight excluding hydrogens is 194 g/mol. The molecule has 0 saturated heterocycles. The van der Waals surface area contributed by atoms with Crippen LogP contribution >= 0.6 is 0 Å². The third-order valence-electron chi connectivity index (χ3n) is 2.87. The van der Waals surface area contributed by atoms with Gasteiger partial charge in [-0.05, 0) is 26.2 Å². The number of amides is 1. The Kier molecular flexibility index (Phi) is 2.58. The van der Waals surface area contributed by atoms with Gasteiger partial charge in [-0.25, -0.2) is 0 Å². The first-order valence-electron chi connectivity index (χ1n) is 5.12. The molecule has 0 spiro atoms. The fourth-order valence-electron chi connectivity index (χ4n) is 2.04. The minimum absolute atomic E-state index is 0.153. The number of aliphatic carboxylic acids is 1. The van der Waals surface area contributed by atoms with Gasteiger partial charge in [0, 0.05) is 5.54 Å². The maximum absolute atomic E-state index is 11.8. The molecule has 1 fully saturated rings. The van der Waals surface area contributed by atoms with E-state index >= 15 is 0 Å². The Morgan fingerprint density at radius 3 is 1.93 bits per heavy atom. The predicted molar refractivity (Wildman–Crippen MR) is 56.3 cm³/mol. The third-order valence-corrected chi connectivity index (χ3v) is 2.87. The lowest BCUT2D eigenvalue weighted by atomic mass is 10.1. The van der Waals surface area contributed by atoms with Crippen LogP contribution in [0.4, 0.5) is 0 Å². The van der Waals surface area contributed by atoms with Gasteiger partial charge in [0.1, 0.15) is 0 Å². The van der Waals surface area contributed by atoms with E-state index in [1.165, 1.54) is 0 Å². The normalized spacial score (nSPS) is 28.3. The van der Waals surface area contributed by atoms with Crippen LogP contribution in [0.1, 0.15) is 34.6 Å². The van der Waals surface area contributed by atoms with E-state index < -0.39 is 23.2 Å². The number of carboxylic acids is 1. The van der Waals surface area contributed by atoms with E-state index in [0.29, 0.717) is 0 Å². The summed E-state index contributed by atoms with van der Waals surface area (Å²) in [6.07, 6.45) is 0. The molecule has 2 unspecified atom stereocenters. The summed E-state index contributed by atoms with van der Waals surface area (Å²) in [4.78, 5) is 22.7. The number of rotatable bonds is 2. The van der Waals surface area contributed by atoms with Gasteiger partial charge in [-0.2, -0.15) is 0 Å². The largest absolute Gasteiger partial charge is 0.481 e. The van der Waals surface area contributed by atoms with Crippen molar-refractivity contribution in [1.82, 2.24) is 5.32 Å². The molecule has 4 nitrogen and oxygen atoms in total. The Bertz CT molecular complexity index is 301. The van der Waals surface area contributed by atoms with E-state index in [-0.39, 0.29) is 11.4 Å². The van der Waals surface area contributed by atoms with Crippen molar-refractivity contribution in [1.29, 1.82) is 0 Å². The summed E-state index contributed by atoms with van der Waals surface area (Å²) in [5.74, 6) is -1.97. The lowest BCUT2D eigenvalue weighted by Gasteiger charge is -2.20. The van der Waals surface area contributed by atoms with Crippen LogP contribution in [0.15, 0.2) is 0 Å². The maximum atomic E-state index is 11.8. The highest BCUT2D eigenvalue weighted by Gasteiger charge is 2.66. The summed E-state index contributed by atoms with van der Waals surface area (Å²) in [5.41, 5.74) is -0.722. The van der Waals surface area contributed by atoms with E-state index in [1.807, 2.05) is 34.6 Å². The first-order chi connectivity index (χ1) is 6.57. The van der Waals surface area contributed by atoms with Crippen molar-refractivity contribution in [3.8, 4) is 0 Å². The zero-order chi connectivity index (χ0) is 12.0. The molecule has 4 heteroatoms. The fraction of sp³-hybridized carbons (Fsp3) is 0.818. The second-order valence-corrected chi connectivity index (χ2v) is 5.85. The number of hydrogen-bond donors (Lipinski definition) is 2. The van der Waals surface area contributed by atoms with Gasteiger partial charge in [0.15, 0.2) is 0 Å². The van der Waals surface area contributed by atoms with Crippen LogP contribution < -0.4 is 5.32 Å². The van der Waals surface area contributed by atoms with Gasteiger partial charge < -0.3 is 10.4 Å². The van der Waals surface area contributed by atoms with Gasteiger partial charge in [0.05, 0.1) is 11.8 Å². The molecule has 1 amide bonds. The molecule has 1 rings (SSSR count). The minimum atomic E-state index is -0.881. The van der Waals surface area contributed by atoms with Crippen molar-refractivity contribution >= 4 is 11.9 Å². The number of hydrogen-bond acceptors (Lipinski definition) is 2. The van der Waals surface area contributed by atoms with E-state index in [0.717, 1.165) is 0 Å². The molecule has 1 aliphatic rings. The third kappa shape index (κ3) is 2.30. The molecule has 2 N–H and O–H groups in total. The Balaban J connectivity index is 2.69. The number of carbonyl (C=O) groups excluding carboxylic acids is 1. The highest BCUT2D eigenvalue weighted by atomic mass is 16.4. The number of nitrogens with one attached hydrogen (secondary N) is 1. The van der Waals surface area contributed by atoms with Gasteiger partial charge in [0.25, 0.3) is 0 Å². The molecule has 2 atom stereocenters. The molecule has 0 radical (unpaired) electrons. The van der Waals surface area contributed by atoms with Crippen LogP contribution in [0.3, 0.4) is 0 Å². The Labute approximate surface area is 90.0 Å². The van der Waals surface area contributed by atoms with Crippen molar-refractivity contribution in [2.75, 3.05) is 0 Å². The molecule has 15 heavy (non-hydrogen) atoms. The highest BCUT2D eigenvalue weighted by molar-refractivity contribution is 5.91. The van der Waals surface area contributed by atoms with Crippen molar-refractivity contribution in [2.24, 2.45) is 17.3 Å². The van der Waals surface area contributed by atoms with Crippen molar-refractivity contribution in [3.05, 3.63) is 0 Å². The van der Waals surface area contributed by atoms with E-state index in [9.17, 15) is 9.59 Å². The molecule has 0 aromatic carbocycles. The Morgan fingerprint density at radius 1 is 1.20 bits per heavy atom. The lowest BCUT2D eigenvalue weighted by Crippen LogP contribution is -2.42. The van der Waals surface area contributed by atoms with Gasteiger partial charge in [-0.15, -0.1) is 0 Å². The summed E-state index contributed by atoms with van der Waals surface area (Å²) in [6, 6.07) is 0. The molecule has 0 heterocycles.